The minimum absolute atomic E-state index is 0.182. The Balaban J connectivity index is 2.07. The number of ether oxygens (including phenoxy) is 2. The van der Waals surface area contributed by atoms with E-state index in [1.165, 1.54) is 13.2 Å². The number of methoxy groups -OCH3 is 1. The van der Waals surface area contributed by atoms with E-state index < -0.39 is 11.9 Å². The van der Waals surface area contributed by atoms with Gasteiger partial charge in [0.15, 0.2) is 0 Å². The van der Waals surface area contributed by atoms with E-state index in [1.807, 2.05) is 0 Å². The van der Waals surface area contributed by atoms with Gasteiger partial charge in [0.05, 0.1) is 13.2 Å². The predicted octanol–water partition coefficient (Wildman–Crippen LogP) is 3.07. The van der Waals surface area contributed by atoms with E-state index in [4.69, 9.17) is 26.9 Å². The normalized spacial score (nSPS) is 12.0. The van der Waals surface area contributed by atoms with Gasteiger partial charge in [0.1, 0.15) is 23.9 Å². The summed E-state index contributed by atoms with van der Waals surface area (Å²) in [6.07, 6.45) is 0. The van der Waals surface area contributed by atoms with Crippen LogP contribution in [0.4, 0.5) is 4.39 Å². The van der Waals surface area contributed by atoms with E-state index in [0.29, 0.717) is 22.1 Å². The lowest BCUT2D eigenvalue weighted by atomic mass is 10.1. The summed E-state index contributed by atoms with van der Waals surface area (Å²) in [7, 11) is 1.48. The van der Waals surface area contributed by atoms with Crippen LogP contribution in [0.1, 0.15) is 11.6 Å². The van der Waals surface area contributed by atoms with Gasteiger partial charge >= 0.3 is 0 Å². The predicted molar refractivity (Wildman–Crippen MR) is 80.0 cm³/mol. The van der Waals surface area contributed by atoms with Crippen LogP contribution in [0, 0.1) is 5.82 Å². The van der Waals surface area contributed by atoms with Gasteiger partial charge in [0.2, 0.25) is 0 Å². The van der Waals surface area contributed by atoms with Gasteiger partial charge in [-0.2, -0.15) is 0 Å². The third kappa shape index (κ3) is 4.07. The monoisotopic (exact) mass is 310 g/mol. The number of nitrogens with two attached hydrogens (primary N) is 1. The van der Waals surface area contributed by atoms with Crippen molar-refractivity contribution in [2.24, 2.45) is 5.84 Å². The number of halogens is 2. The molecule has 0 aromatic heterocycles. The molecule has 0 aliphatic heterocycles. The van der Waals surface area contributed by atoms with E-state index in [-0.39, 0.29) is 6.61 Å². The first-order valence-electron chi connectivity index (χ1n) is 6.32. The molecular weight excluding hydrogens is 295 g/mol. The summed E-state index contributed by atoms with van der Waals surface area (Å²) in [5.41, 5.74) is 2.96. The van der Waals surface area contributed by atoms with Gasteiger partial charge in [0.25, 0.3) is 0 Å². The van der Waals surface area contributed by atoms with Crippen molar-refractivity contribution >= 4 is 11.6 Å². The van der Waals surface area contributed by atoms with Crippen LogP contribution in [0.3, 0.4) is 0 Å². The minimum Gasteiger partial charge on any atom is -0.497 e. The minimum atomic E-state index is -0.480. The van der Waals surface area contributed by atoms with Gasteiger partial charge in [-0.25, -0.2) is 9.82 Å². The first kappa shape index (κ1) is 15.6. The van der Waals surface area contributed by atoms with Crippen LogP contribution in [-0.2, 0) is 0 Å². The number of nitrogens with one attached hydrogen (secondary N) is 1. The Morgan fingerprint density at radius 3 is 2.43 bits per heavy atom. The van der Waals surface area contributed by atoms with Crippen molar-refractivity contribution in [1.82, 2.24) is 5.43 Å². The SMILES string of the molecule is COc1ccc(C(COc2ccc(Cl)cc2)NN)c(F)c1. The lowest BCUT2D eigenvalue weighted by Crippen LogP contribution is -2.33. The molecule has 1 unspecified atom stereocenters. The highest BCUT2D eigenvalue weighted by Crippen LogP contribution is 2.23. The second-order valence-electron chi connectivity index (χ2n) is 4.37. The van der Waals surface area contributed by atoms with Gasteiger partial charge in [-0.05, 0) is 30.3 Å². The summed E-state index contributed by atoms with van der Waals surface area (Å²) in [4.78, 5) is 0. The molecule has 21 heavy (non-hydrogen) atoms. The van der Waals surface area contributed by atoms with Crippen molar-refractivity contribution in [2.45, 2.75) is 6.04 Å². The molecule has 0 amide bonds. The molecule has 0 aliphatic carbocycles. The molecule has 2 rings (SSSR count). The zero-order valence-corrected chi connectivity index (χ0v) is 12.2. The molecule has 112 valence electrons. The maximum atomic E-state index is 14.0. The summed E-state index contributed by atoms with van der Waals surface area (Å²) in [6, 6.07) is 11.0. The van der Waals surface area contributed by atoms with Crippen LogP contribution in [-0.4, -0.2) is 13.7 Å². The lowest BCUT2D eigenvalue weighted by Gasteiger charge is -2.18. The maximum absolute atomic E-state index is 14.0. The van der Waals surface area contributed by atoms with Crippen LogP contribution >= 0.6 is 11.6 Å². The van der Waals surface area contributed by atoms with E-state index in [1.54, 1.807) is 36.4 Å². The van der Waals surface area contributed by atoms with Crippen LogP contribution in [0.15, 0.2) is 42.5 Å². The molecule has 3 N–H and O–H groups in total. The van der Waals surface area contributed by atoms with Crippen molar-refractivity contribution < 1.29 is 13.9 Å². The third-order valence-electron chi connectivity index (χ3n) is 3.01. The standard InChI is InChI=1S/C15H16ClFN2O2/c1-20-12-6-7-13(14(17)8-12)15(19-18)9-21-11-4-2-10(16)3-5-11/h2-8,15,19H,9,18H2,1H3. The second-order valence-corrected chi connectivity index (χ2v) is 4.81. The van der Waals surface area contributed by atoms with Gasteiger partial charge in [0, 0.05) is 16.7 Å². The molecule has 2 aromatic carbocycles. The molecule has 0 fully saturated rings. The van der Waals surface area contributed by atoms with Crippen molar-refractivity contribution in [1.29, 1.82) is 0 Å². The molecule has 4 nitrogen and oxygen atoms in total. The maximum Gasteiger partial charge on any atom is 0.131 e. The van der Waals surface area contributed by atoms with Gasteiger partial charge in [-0.3, -0.25) is 5.84 Å². The third-order valence-corrected chi connectivity index (χ3v) is 3.27. The quantitative estimate of drug-likeness (QED) is 0.636. The van der Waals surface area contributed by atoms with Crippen LogP contribution in [0.2, 0.25) is 5.02 Å². The highest BCUT2D eigenvalue weighted by atomic mass is 35.5. The number of benzene rings is 2. The van der Waals surface area contributed by atoms with E-state index in [2.05, 4.69) is 5.43 Å². The van der Waals surface area contributed by atoms with E-state index >= 15 is 0 Å². The molecule has 2 aromatic rings. The Morgan fingerprint density at radius 1 is 1.19 bits per heavy atom. The summed E-state index contributed by atoms with van der Waals surface area (Å²) >= 11 is 5.80. The fourth-order valence-electron chi connectivity index (χ4n) is 1.86. The van der Waals surface area contributed by atoms with Crippen LogP contribution < -0.4 is 20.7 Å². The highest BCUT2D eigenvalue weighted by Gasteiger charge is 2.16. The van der Waals surface area contributed by atoms with E-state index in [9.17, 15) is 4.39 Å². The number of hydrogen-bond acceptors (Lipinski definition) is 4. The second kappa shape index (κ2) is 7.26. The number of hydrogen-bond donors (Lipinski definition) is 2. The molecule has 0 heterocycles. The lowest BCUT2D eigenvalue weighted by molar-refractivity contribution is 0.264. The molecule has 0 radical (unpaired) electrons. The van der Waals surface area contributed by atoms with Crippen LogP contribution in [0.5, 0.6) is 11.5 Å². The zero-order chi connectivity index (χ0) is 15.2. The summed E-state index contributed by atoms with van der Waals surface area (Å²) in [6.45, 7) is 0.182. The highest BCUT2D eigenvalue weighted by molar-refractivity contribution is 6.30. The summed E-state index contributed by atoms with van der Waals surface area (Å²) in [5, 5.41) is 0.622. The molecule has 1 atom stereocenters. The molecule has 0 saturated heterocycles. The molecule has 6 heteroatoms. The first-order valence-corrected chi connectivity index (χ1v) is 6.69. The molecular formula is C15H16ClFN2O2. The first-order chi connectivity index (χ1) is 10.1. The van der Waals surface area contributed by atoms with Gasteiger partial charge in [-0.15, -0.1) is 0 Å². The fraction of sp³-hybridized carbons (Fsp3) is 0.200. The Morgan fingerprint density at radius 2 is 1.86 bits per heavy atom. The van der Waals surface area contributed by atoms with Crippen molar-refractivity contribution in [3.05, 3.63) is 58.9 Å². The molecule has 0 aliphatic rings. The molecule has 0 bridgehead atoms. The van der Waals surface area contributed by atoms with Gasteiger partial charge < -0.3 is 9.47 Å². The molecule has 0 spiro atoms. The largest absolute Gasteiger partial charge is 0.497 e. The smallest absolute Gasteiger partial charge is 0.131 e. The molecule has 0 saturated carbocycles. The summed E-state index contributed by atoms with van der Waals surface area (Å²) < 4.78 is 24.6. The summed E-state index contributed by atoms with van der Waals surface area (Å²) in [5.74, 6) is 6.16. The average molecular weight is 311 g/mol. The topological polar surface area (TPSA) is 56.5 Å². The van der Waals surface area contributed by atoms with Crippen molar-refractivity contribution in [3.63, 3.8) is 0 Å². The van der Waals surface area contributed by atoms with Crippen molar-refractivity contribution in [2.75, 3.05) is 13.7 Å². The average Bonchev–Trinajstić information content (AvgIpc) is 2.50. The zero-order valence-electron chi connectivity index (χ0n) is 11.5. The van der Waals surface area contributed by atoms with Crippen molar-refractivity contribution in [3.8, 4) is 11.5 Å². The van der Waals surface area contributed by atoms with Crippen LogP contribution in [0.25, 0.3) is 0 Å². The fourth-order valence-corrected chi connectivity index (χ4v) is 1.98. The Hall–Kier alpha value is -1.82. The Labute approximate surface area is 127 Å². The van der Waals surface area contributed by atoms with E-state index in [0.717, 1.165) is 0 Å². The Kier molecular flexibility index (Phi) is 5.38. The number of hydrazine groups is 1. The Bertz CT molecular complexity index is 593. The van der Waals surface area contributed by atoms with Gasteiger partial charge in [-0.1, -0.05) is 17.7 Å². The number of rotatable bonds is 6.